The second-order valence-corrected chi connectivity index (χ2v) is 8.70. The van der Waals surface area contributed by atoms with Crippen LogP contribution >= 0.6 is 11.6 Å². The van der Waals surface area contributed by atoms with Crippen LogP contribution in [0.4, 0.5) is 17.3 Å². The van der Waals surface area contributed by atoms with Crippen LogP contribution in [0, 0.1) is 0 Å². The summed E-state index contributed by atoms with van der Waals surface area (Å²) < 4.78 is 6.62. The smallest absolute Gasteiger partial charge is 0.248 e. The quantitative estimate of drug-likeness (QED) is 0.422. The summed E-state index contributed by atoms with van der Waals surface area (Å²) in [4.78, 5) is 20.6. The lowest BCUT2D eigenvalue weighted by atomic mass is 10.1. The van der Waals surface area contributed by atoms with E-state index < -0.39 is 0 Å². The Morgan fingerprint density at radius 1 is 1.09 bits per heavy atom. The van der Waals surface area contributed by atoms with Crippen LogP contribution in [0.5, 0.6) is 5.75 Å². The molecule has 2 aromatic heterocycles. The Labute approximate surface area is 207 Å². The van der Waals surface area contributed by atoms with Gasteiger partial charge in [0.2, 0.25) is 11.9 Å². The zero-order chi connectivity index (χ0) is 24.4. The van der Waals surface area contributed by atoms with Crippen LogP contribution in [0.25, 0.3) is 16.8 Å². The lowest BCUT2D eigenvalue weighted by Gasteiger charge is -2.36. The first kappa shape index (κ1) is 22.9. The maximum atomic E-state index is 12.0. The Kier molecular flexibility index (Phi) is 6.43. The highest BCUT2D eigenvalue weighted by Crippen LogP contribution is 2.31. The molecule has 0 saturated carbocycles. The van der Waals surface area contributed by atoms with Crippen molar-refractivity contribution >= 4 is 40.5 Å². The van der Waals surface area contributed by atoms with Crippen molar-refractivity contribution in [2.75, 3.05) is 50.1 Å². The third-order valence-electron chi connectivity index (χ3n) is 5.98. The second kappa shape index (κ2) is 9.81. The van der Waals surface area contributed by atoms with E-state index in [1.165, 1.54) is 7.11 Å². The molecular weight excluding hydrogens is 468 g/mol. The number of anilines is 3. The van der Waals surface area contributed by atoms with Gasteiger partial charge in [-0.15, -0.1) is 5.10 Å². The van der Waals surface area contributed by atoms with Gasteiger partial charge in [-0.2, -0.15) is 4.98 Å². The minimum Gasteiger partial charge on any atom is -0.508 e. The Morgan fingerprint density at radius 3 is 2.60 bits per heavy atom. The number of nitrogens with one attached hydrogen (secondary N) is 1. The van der Waals surface area contributed by atoms with Crippen molar-refractivity contribution in [2.24, 2.45) is 0 Å². The van der Waals surface area contributed by atoms with E-state index in [1.807, 2.05) is 47.5 Å². The van der Waals surface area contributed by atoms with E-state index in [9.17, 15) is 9.90 Å². The highest BCUT2D eigenvalue weighted by molar-refractivity contribution is 6.33. The summed E-state index contributed by atoms with van der Waals surface area (Å²) in [5.41, 5.74) is 4.20. The number of rotatable bonds is 6. The number of carbonyl (C=O) groups excluding carboxylic acids is 1. The van der Waals surface area contributed by atoms with Gasteiger partial charge in [-0.1, -0.05) is 11.6 Å². The molecule has 1 saturated heterocycles. The summed E-state index contributed by atoms with van der Waals surface area (Å²) >= 11 is 6.30. The van der Waals surface area contributed by atoms with Gasteiger partial charge in [0.25, 0.3) is 0 Å². The number of phenolic OH excluding ortho intramolecular Hbond substituents is 1. The topological polar surface area (TPSA) is 95.2 Å². The third kappa shape index (κ3) is 5.01. The lowest BCUT2D eigenvalue weighted by molar-refractivity contribution is -0.135. The highest BCUT2D eigenvalue weighted by Gasteiger charge is 2.21. The molecule has 1 fully saturated rings. The molecule has 9 nitrogen and oxygen atoms in total. The van der Waals surface area contributed by atoms with Crippen molar-refractivity contribution in [1.82, 2.24) is 19.5 Å². The van der Waals surface area contributed by atoms with Gasteiger partial charge in [0.1, 0.15) is 12.4 Å². The van der Waals surface area contributed by atoms with Gasteiger partial charge in [-0.3, -0.25) is 4.79 Å². The summed E-state index contributed by atoms with van der Waals surface area (Å²) in [5, 5.41) is 18.1. The van der Waals surface area contributed by atoms with E-state index in [4.69, 9.17) is 16.3 Å². The largest absolute Gasteiger partial charge is 0.508 e. The van der Waals surface area contributed by atoms with Crippen molar-refractivity contribution in [2.45, 2.75) is 0 Å². The first-order valence-corrected chi connectivity index (χ1v) is 11.6. The normalized spacial score (nSPS) is 13.9. The summed E-state index contributed by atoms with van der Waals surface area (Å²) in [7, 11) is 1.54. The number of methoxy groups -OCH3 is 1. The molecule has 0 aliphatic carbocycles. The molecule has 1 aliphatic rings. The molecule has 0 bridgehead atoms. The number of fused-ring (bicyclic) bond motifs is 1. The number of hydrogen-bond donors (Lipinski definition) is 2. The van der Waals surface area contributed by atoms with E-state index in [0.717, 1.165) is 35.6 Å². The molecule has 1 aliphatic heterocycles. The van der Waals surface area contributed by atoms with Crippen LogP contribution in [0.15, 0.2) is 60.8 Å². The molecule has 0 spiro atoms. The Balaban J connectivity index is 1.26. The number of piperazine rings is 1. The number of aromatic nitrogens is 3. The van der Waals surface area contributed by atoms with Crippen LogP contribution in [0.3, 0.4) is 0 Å². The number of nitrogens with zero attached hydrogens (tertiary/aromatic N) is 5. The van der Waals surface area contributed by atoms with Crippen molar-refractivity contribution < 1.29 is 14.6 Å². The van der Waals surface area contributed by atoms with Gasteiger partial charge >= 0.3 is 0 Å². The number of aromatic hydroxyl groups is 1. The van der Waals surface area contributed by atoms with Crippen LogP contribution in [-0.4, -0.2) is 70.4 Å². The Morgan fingerprint density at radius 2 is 1.86 bits per heavy atom. The molecular formula is C25H25ClN6O3. The molecule has 0 atom stereocenters. The summed E-state index contributed by atoms with van der Waals surface area (Å²) in [6.07, 6.45) is 1.83. The molecule has 5 rings (SSSR count). The number of hydrogen-bond acceptors (Lipinski definition) is 7. The van der Waals surface area contributed by atoms with E-state index in [2.05, 4.69) is 20.3 Å². The van der Waals surface area contributed by atoms with Crippen molar-refractivity contribution in [3.63, 3.8) is 0 Å². The van der Waals surface area contributed by atoms with Crippen molar-refractivity contribution in [1.29, 1.82) is 0 Å². The van der Waals surface area contributed by atoms with Crippen LogP contribution < -0.4 is 10.2 Å². The number of ether oxygens (including phenoxy) is 1. The summed E-state index contributed by atoms with van der Waals surface area (Å²) in [5.74, 6) is 0.654. The molecule has 180 valence electrons. The minimum atomic E-state index is 0.0313. The second-order valence-electron chi connectivity index (χ2n) is 8.29. The number of phenols is 1. The fourth-order valence-corrected chi connectivity index (χ4v) is 4.37. The van der Waals surface area contributed by atoms with E-state index >= 15 is 0 Å². The molecule has 2 N–H and O–H groups in total. The lowest BCUT2D eigenvalue weighted by Crippen LogP contribution is -2.49. The van der Waals surface area contributed by atoms with Gasteiger partial charge in [0, 0.05) is 67.0 Å². The molecule has 1 amide bonds. The Hall–Kier alpha value is -3.82. The molecule has 35 heavy (non-hydrogen) atoms. The summed E-state index contributed by atoms with van der Waals surface area (Å²) in [6, 6.07) is 16.7. The van der Waals surface area contributed by atoms with Crippen LogP contribution in [-0.2, 0) is 9.53 Å². The molecule has 0 unspecified atom stereocenters. The number of pyridine rings is 1. The average molecular weight is 493 g/mol. The van der Waals surface area contributed by atoms with E-state index in [-0.39, 0.29) is 18.3 Å². The molecule has 0 radical (unpaired) electrons. The average Bonchev–Trinajstić information content (AvgIpc) is 3.27. The van der Waals surface area contributed by atoms with Gasteiger partial charge in [-0.25, -0.2) is 4.52 Å². The predicted octanol–water partition coefficient (Wildman–Crippen LogP) is 3.79. The third-order valence-corrected chi connectivity index (χ3v) is 6.31. The van der Waals surface area contributed by atoms with Crippen LogP contribution in [0.1, 0.15) is 0 Å². The first-order valence-electron chi connectivity index (χ1n) is 11.2. The number of halogens is 1. The Bertz CT molecular complexity index is 1350. The van der Waals surface area contributed by atoms with E-state index in [1.54, 1.807) is 22.7 Å². The number of amides is 1. The standard InChI is InChI=1S/C25H25ClN6O3/c1-35-16-24(34)31-12-10-30(11-13-31)19-5-3-18(4-6-19)27-25-28-23-9-2-17(15-32(23)29-25)21-14-20(33)7-8-22(21)26/h2-9,14-15,33H,10-13,16H2,1H3,(H,27,29). The van der Waals surface area contributed by atoms with Gasteiger partial charge in [-0.05, 0) is 54.6 Å². The molecule has 4 aromatic rings. The van der Waals surface area contributed by atoms with E-state index in [0.29, 0.717) is 29.7 Å². The van der Waals surface area contributed by atoms with Gasteiger partial charge < -0.3 is 25.0 Å². The zero-order valence-electron chi connectivity index (χ0n) is 19.2. The van der Waals surface area contributed by atoms with Crippen molar-refractivity contribution in [3.8, 4) is 16.9 Å². The van der Waals surface area contributed by atoms with Gasteiger partial charge in [0.05, 0.1) is 0 Å². The SMILES string of the molecule is COCC(=O)N1CCN(c2ccc(Nc3nc4ccc(-c5cc(O)ccc5Cl)cn4n3)cc2)CC1. The maximum Gasteiger partial charge on any atom is 0.248 e. The van der Waals surface area contributed by atoms with Crippen molar-refractivity contribution in [3.05, 3.63) is 65.8 Å². The number of carbonyl (C=O) groups is 1. The first-order chi connectivity index (χ1) is 17.0. The molecule has 2 aromatic carbocycles. The molecule has 10 heteroatoms. The minimum absolute atomic E-state index is 0.0313. The predicted molar refractivity (Wildman–Crippen MR) is 135 cm³/mol. The fraction of sp³-hybridized carbons (Fsp3) is 0.240. The fourth-order valence-electron chi connectivity index (χ4n) is 4.14. The summed E-state index contributed by atoms with van der Waals surface area (Å²) in [6.45, 7) is 3.05. The monoisotopic (exact) mass is 492 g/mol. The zero-order valence-corrected chi connectivity index (χ0v) is 19.9. The van der Waals surface area contributed by atoms with Crippen LogP contribution in [0.2, 0.25) is 5.02 Å². The molecule has 3 heterocycles. The van der Waals surface area contributed by atoms with Gasteiger partial charge in [0.15, 0.2) is 5.65 Å². The number of benzene rings is 2. The highest BCUT2D eigenvalue weighted by atomic mass is 35.5. The maximum absolute atomic E-state index is 12.0.